The zero-order valence-corrected chi connectivity index (χ0v) is 11.2. The lowest BCUT2D eigenvalue weighted by Crippen LogP contribution is -2.28. The Labute approximate surface area is 112 Å². The first-order valence-electron chi connectivity index (χ1n) is 6.01. The first kappa shape index (κ1) is 14.9. The molecule has 0 bridgehead atoms. The van der Waals surface area contributed by atoms with Gasteiger partial charge in [0, 0.05) is 39.2 Å². The molecule has 5 N–H and O–H groups in total. The molecule has 7 heteroatoms. The minimum atomic E-state index is -0.342. The number of ether oxygens (including phenoxy) is 1. The van der Waals surface area contributed by atoms with Crippen molar-refractivity contribution in [3.05, 3.63) is 23.7 Å². The molecule has 0 saturated carbocycles. The van der Waals surface area contributed by atoms with Crippen molar-refractivity contribution in [2.45, 2.75) is 19.4 Å². The number of rotatable bonds is 4. The number of carbonyl (C=O) groups is 2. The lowest BCUT2D eigenvalue weighted by atomic mass is 10.2. The molecule has 1 rings (SSSR count). The molecular formula is C12H20N4O3. The number of nitrogens with two attached hydrogens (primary N) is 2. The summed E-state index contributed by atoms with van der Waals surface area (Å²) in [5.41, 5.74) is 11.3. The molecule has 1 atom stereocenters. The molecule has 0 aromatic heterocycles. The second-order valence-corrected chi connectivity index (χ2v) is 4.24. The van der Waals surface area contributed by atoms with Crippen molar-refractivity contribution >= 4 is 11.8 Å². The SMILES string of the molecule is CNC(=O)C(/C=C(\N)O[C@@H]1CCN(C(C)=O)C1)=C/N. The fraction of sp³-hybridized carbons (Fsp3) is 0.500. The van der Waals surface area contributed by atoms with Crippen LogP contribution in [0.1, 0.15) is 13.3 Å². The van der Waals surface area contributed by atoms with Gasteiger partial charge in [0.15, 0.2) is 5.88 Å². The zero-order valence-electron chi connectivity index (χ0n) is 11.2. The van der Waals surface area contributed by atoms with E-state index in [1.54, 1.807) is 4.90 Å². The van der Waals surface area contributed by atoms with E-state index in [0.717, 1.165) is 12.6 Å². The number of nitrogens with one attached hydrogen (secondary N) is 1. The lowest BCUT2D eigenvalue weighted by molar-refractivity contribution is -0.128. The van der Waals surface area contributed by atoms with Gasteiger partial charge < -0.3 is 26.4 Å². The molecule has 0 spiro atoms. The average molecular weight is 268 g/mol. The van der Waals surface area contributed by atoms with Gasteiger partial charge in [-0.05, 0) is 0 Å². The molecule has 1 aliphatic heterocycles. The van der Waals surface area contributed by atoms with Crippen LogP contribution in [0.25, 0.3) is 0 Å². The van der Waals surface area contributed by atoms with Crippen molar-refractivity contribution in [3.63, 3.8) is 0 Å². The van der Waals surface area contributed by atoms with E-state index in [1.807, 2.05) is 0 Å². The number of likely N-dealkylation sites (tertiary alicyclic amines) is 1. The molecule has 1 fully saturated rings. The maximum atomic E-state index is 11.4. The molecule has 0 aromatic carbocycles. The summed E-state index contributed by atoms with van der Waals surface area (Å²) >= 11 is 0. The predicted molar refractivity (Wildman–Crippen MR) is 70.4 cm³/mol. The van der Waals surface area contributed by atoms with E-state index in [2.05, 4.69) is 5.32 Å². The van der Waals surface area contributed by atoms with E-state index < -0.39 is 0 Å². The highest BCUT2D eigenvalue weighted by Crippen LogP contribution is 2.15. The van der Waals surface area contributed by atoms with Gasteiger partial charge in [-0.25, -0.2) is 0 Å². The normalized spacial score (nSPS) is 20.3. The fourth-order valence-corrected chi connectivity index (χ4v) is 1.82. The van der Waals surface area contributed by atoms with Gasteiger partial charge >= 0.3 is 0 Å². The Bertz CT molecular complexity index is 417. The minimum absolute atomic E-state index is 0.0153. The minimum Gasteiger partial charge on any atom is -0.474 e. The van der Waals surface area contributed by atoms with E-state index in [1.165, 1.54) is 20.0 Å². The van der Waals surface area contributed by atoms with Crippen LogP contribution >= 0.6 is 0 Å². The highest BCUT2D eigenvalue weighted by Gasteiger charge is 2.25. The number of likely N-dealkylation sites (N-methyl/N-ethyl adjacent to an activating group) is 1. The van der Waals surface area contributed by atoms with Crippen molar-refractivity contribution in [2.75, 3.05) is 20.1 Å². The van der Waals surface area contributed by atoms with E-state index in [4.69, 9.17) is 16.2 Å². The molecule has 1 heterocycles. The average Bonchev–Trinajstić information content (AvgIpc) is 2.83. The standard InChI is InChI=1S/C12H20N4O3/c1-8(17)16-4-3-10(7-16)19-11(14)5-9(6-13)12(18)15-2/h5-6,10H,3-4,7,13-14H2,1-2H3,(H,15,18)/b9-6+,11-5+/t10-/m1/s1. The molecule has 1 aliphatic rings. The Hall–Kier alpha value is -2.18. The summed E-state index contributed by atoms with van der Waals surface area (Å²) in [7, 11) is 1.50. The third kappa shape index (κ3) is 4.20. The summed E-state index contributed by atoms with van der Waals surface area (Å²) in [5.74, 6) is -0.219. The number of carbonyl (C=O) groups excluding carboxylic acids is 2. The highest BCUT2D eigenvalue weighted by molar-refractivity contribution is 5.95. The van der Waals surface area contributed by atoms with Gasteiger partial charge in [-0.3, -0.25) is 9.59 Å². The maximum absolute atomic E-state index is 11.4. The first-order valence-corrected chi connectivity index (χ1v) is 6.01. The monoisotopic (exact) mass is 268 g/mol. The van der Waals surface area contributed by atoms with Crippen LogP contribution in [0.4, 0.5) is 0 Å². The van der Waals surface area contributed by atoms with Crippen molar-refractivity contribution in [3.8, 4) is 0 Å². The number of amides is 2. The Morgan fingerprint density at radius 2 is 2.16 bits per heavy atom. The molecule has 0 aromatic rings. The Balaban J connectivity index is 2.58. The van der Waals surface area contributed by atoms with E-state index in [0.29, 0.717) is 13.1 Å². The van der Waals surface area contributed by atoms with E-state index in [-0.39, 0.29) is 29.4 Å². The Kier molecular flexibility index (Phi) is 5.23. The van der Waals surface area contributed by atoms with Crippen LogP contribution in [0.3, 0.4) is 0 Å². The third-order valence-electron chi connectivity index (χ3n) is 2.86. The van der Waals surface area contributed by atoms with Gasteiger partial charge in [0.2, 0.25) is 5.91 Å². The van der Waals surface area contributed by atoms with Crippen LogP contribution < -0.4 is 16.8 Å². The molecule has 2 amide bonds. The largest absolute Gasteiger partial charge is 0.474 e. The number of hydrogen-bond donors (Lipinski definition) is 3. The smallest absolute Gasteiger partial charge is 0.252 e. The van der Waals surface area contributed by atoms with Gasteiger partial charge in [-0.2, -0.15) is 0 Å². The molecular weight excluding hydrogens is 248 g/mol. The summed E-state index contributed by atoms with van der Waals surface area (Å²) in [6, 6.07) is 0. The Morgan fingerprint density at radius 3 is 2.63 bits per heavy atom. The van der Waals surface area contributed by atoms with Gasteiger partial charge in [0.05, 0.1) is 12.1 Å². The van der Waals surface area contributed by atoms with Crippen LogP contribution in [0.2, 0.25) is 0 Å². The summed E-state index contributed by atoms with van der Waals surface area (Å²) < 4.78 is 5.49. The maximum Gasteiger partial charge on any atom is 0.252 e. The van der Waals surface area contributed by atoms with E-state index >= 15 is 0 Å². The summed E-state index contributed by atoms with van der Waals surface area (Å²) in [5, 5.41) is 2.44. The quantitative estimate of drug-likeness (QED) is 0.344. The predicted octanol–water partition coefficient (Wildman–Crippen LogP) is -0.987. The summed E-state index contributed by atoms with van der Waals surface area (Å²) in [6.07, 6.45) is 3.10. The van der Waals surface area contributed by atoms with E-state index in [9.17, 15) is 9.59 Å². The fourth-order valence-electron chi connectivity index (χ4n) is 1.82. The lowest BCUT2D eigenvalue weighted by Gasteiger charge is -2.15. The highest BCUT2D eigenvalue weighted by atomic mass is 16.5. The molecule has 7 nitrogen and oxygen atoms in total. The molecule has 19 heavy (non-hydrogen) atoms. The van der Waals surface area contributed by atoms with Gasteiger partial charge in [0.1, 0.15) is 6.10 Å². The molecule has 0 aliphatic carbocycles. The molecule has 0 radical (unpaired) electrons. The number of nitrogens with zero attached hydrogens (tertiary/aromatic N) is 1. The van der Waals surface area contributed by atoms with Crippen LogP contribution in [0, 0.1) is 0 Å². The first-order chi connectivity index (χ1) is 8.97. The van der Waals surface area contributed by atoms with Crippen LogP contribution in [0.15, 0.2) is 23.7 Å². The van der Waals surface area contributed by atoms with Crippen molar-refractivity contribution in [1.82, 2.24) is 10.2 Å². The number of hydrogen-bond acceptors (Lipinski definition) is 5. The second-order valence-electron chi connectivity index (χ2n) is 4.24. The summed E-state index contributed by atoms with van der Waals surface area (Å²) in [6.45, 7) is 2.68. The van der Waals surface area contributed by atoms with Gasteiger partial charge in [-0.1, -0.05) is 0 Å². The Morgan fingerprint density at radius 1 is 1.47 bits per heavy atom. The summed E-state index contributed by atoms with van der Waals surface area (Å²) in [4.78, 5) is 24.3. The van der Waals surface area contributed by atoms with Crippen LogP contribution in [-0.4, -0.2) is 43.0 Å². The third-order valence-corrected chi connectivity index (χ3v) is 2.86. The second kappa shape index (κ2) is 6.67. The van der Waals surface area contributed by atoms with Crippen LogP contribution in [-0.2, 0) is 14.3 Å². The topological polar surface area (TPSA) is 111 Å². The molecule has 1 saturated heterocycles. The van der Waals surface area contributed by atoms with Crippen molar-refractivity contribution < 1.29 is 14.3 Å². The molecule has 0 unspecified atom stereocenters. The van der Waals surface area contributed by atoms with Gasteiger partial charge in [0.25, 0.3) is 5.91 Å². The van der Waals surface area contributed by atoms with Crippen molar-refractivity contribution in [1.29, 1.82) is 0 Å². The van der Waals surface area contributed by atoms with Crippen molar-refractivity contribution in [2.24, 2.45) is 11.5 Å². The van der Waals surface area contributed by atoms with Gasteiger partial charge in [-0.15, -0.1) is 0 Å². The zero-order chi connectivity index (χ0) is 14.4. The molecule has 106 valence electrons. The van der Waals surface area contributed by atoms with Crippen LogP contribution in [0.5, 0.6) is 0 Å².